The molecule has 18 heavy (non-hydrogen) atoms. The predicted octanol–water partition coefficient (Wildman–Crippen LogP) is 2.53. The summed E-state index contributed by atoms with van der Waals surface area (Å²) in [4.78, 5) is 0. The van der Waals surface area contributed by atoms with Gasteiger partial charge in [-0.1, -0.05) is 18.2 Å². The normalized spacial score (nSPS) is 13.4. The zero-order valence-corrected chi connectivity index (χ0v) is 10.3. The lowest BCUT2D eigenvalue weighted by Crippen LogP contribution is -2.25. The number of hydrogen-bond acceptors (Lipinski definition) is 3. The van der Waals surface area contributed by atoms with Crippen molar-refractivity contribution in [1.29, 1.82) is 0 Å². The summed E-state index contributed by atoms with van der Waals surface area (Å²) >= 11 is 0. The van der Waals surface area contributed by atoms with Crippen LogP contribution in [0.5, 0.6) is 5.75 Å². The predicted molar refractivity (Wildman–Crippen MR) is 61.7 cm³/mol. The number of nitrogens with one attached hydrogen (secondary N) is 1. The maximum absolute atomic E-state index is 12.2. The number of para-hydroxylation sites is 1. The molecule has 3 nitrogen and oxygen atoms in total. The van der Waals surface area contributed by atoms with E-state index in [1.807, 2.05) is 0 Å². The number of benzene rings is 1. The molecule has 0 bridgehead atoms. The number of hydrogen-bond donors (Lipinski definition) is 1. The molecule has 0 spiro atoms. The van der Waals surface area contributed by atoms with E-state index < -0.39 is 18.9 Å². The van der Waals surface area contributed by atoms with E-state index in [1.54, 1.807) is 31.3 Å². The Morgan fingerprint density at radius 2 is 1.94 bits per heavy atom. The topological polar surface area (TPSA) is 30.5 Å². The molecule has 0 aliphatic carbocycles. The first-order chi connectivity index (χ1) is 8.48. The van der Waals surface area contributed by atoms with Crippen LogP contribution in [0.1, 0.15) is 11.7 Å². The standard InChI is InChI=1S/C12H16F3NO2/c1-16-7-11(18-8-12(13,14)15)9-5-3-4-6-10(9)17-2/h3-6,11,16H,7-8H2,1-2H3. The van der Waals surface area contributed by atoms with Crippen LogP contribution in [0.2, 0.25) is 0 Å². The van der Waals surface area contributed by atoms with Gasteiger partial charge in [-0.25, -0.2) is 0 Å². The third kappa shape index (κ3) is 4.54. The maximum Gasteiger partial charge on any atom is 0.411 e. The Bertz CT molecular complexity index is 369. The Balaban J connectivity index is 2.83. The molecular weight excluding hydrogens is 247 g/mol. The van der Waals surface area contributed by atoms with Gasteiger partial charge in [0, 0.05) is 12.1 Å². The molecule has 0 heterocycles. The highest BCUT2D eigenvalue weighted by Crippen LogP contribution is 2.28. The summed E-state index contributed by atoms with van der Waals surface area (Å²) in [6.07, 6.45) is -5.04. The first-order valence-electron chi connectivity index (χ1n) is 5.44. The molecule has 0 fully saturated rings. The summed E-state index contributed by atoms with van der Waals surface area (Å²) in [7, 11) is 3.12. The fourth-order valence-corrected chi connectivity index (χ4v) is 1.57. The molecule has 0 aromatic heterocycles. The molecule has 1 aromatic carbocycles. The molecule has 102 valence electrons. The van der Waals surface area contributed by atoms with Gasteiger partial charge in [0.1, 0.15) is 12.4 Å². The summed E-state index contributed by atoms with van der Waals surface area (Å²) < 4.78 is 46.6. The van der Waals surface area contributed by atoms with Crippen LogP contribution >= 0.6 is 0 Å². The van der Waals surface area contributed by atoms with Crippen molar-refractivity contribution in [2.45, 2.75) is 12.3 Å². The molecule has 1 atom stereocenters. The quantitative estimate of drug-likeness (QED) is 0.855. The monoisotopic (exact) mass is 263 g/mol. The SMILES string of the molecule is CNCC(OCC(F)(F)F)c1ccccc1OC. The third-order valence-corrected chi connectivity index (χ3v) is 2.32. The Hall–Kier alpha value is -1.27. The van der Waals surface area contributed by atoms with Crippen molar-refractivity contribution in [2.24, 2.45) is 0 Å². The van der Waals surface area contributed by atoms with Gasteiger partial charge in [0.15, 0.2) is 0 Å². The highest BCUT2D eigenvalue weighted by molar-refractivity contribution is 5.35. The molecule has 0 saturated carbocycles. The minimum atomic E-state index is -4.34. The van der Waals surface area contributed by atoms with Crippen LogP contribution in [0.3, 0.4) is 0 Å². The molecule has 1 N–H and O–H groups in total. The molecule has 1 unspecified atom stereocenters. The first kappa shape index (κ1) is 14.8. The largest absolute Gasteiger partial charge is 0.496 e. The van der Waals surface area contributed by atoms with E-state index in [4.69, 9.17) is 9.47 Å². The highest BCUT2D eigenvalue weighted by Gasteiger charge is 2.30. The minimum absolute atomic E-state index is 0.274. The van der Waals surface area contributed by atoms with E-state index in [-0.39, 0.29) is 6.54 Å². The van der Waals surface area contributed by atoms with E-state index in [1.165, 1.54) is 7.11 Å². The Kier molecular flexibility index (Phi) is 5.43. The smallest absolute Gasteiger partial charge is 0.411 e. The molecule has 0 saturated heterocycles. The zero-order valence-electron chi connectivity index (χ0n) is 10.3. The minimum Gasteiger partial charge on any atom is -0.496 e. The van der Waals surface area contributed by atoms with Crippen molar-refractivity contribution in [3.8, 4) is 5.75 Å². The van der Waals surface area contributed by atoms with Crippen molar-refractivity contribution in [1.82, 2.24) is 5.32 Å². The fourth-order valence-electron chi connectivity index (χ4n) is 1.57. The van der Waals surface area contributed by atoms with Gasteiger partial charge in [-0.15, -0.1) is 0 Å². The second-order valence-electron chi connectivity index (χ2n) is 3.71. The van der Waals surface area contributed by atoms with E-state index in [0.717, 1.165) is 0 Å². The van der Waals surface area contributed by atoms with Crippen molar-refractivity contribution >= 4 is 0 Å². The first-order valence-corrected chi connectivity index (χ1v) is 5.44. The Morgan fingerprint density at radius 1 is 1.28 bits per heavy atom. The summed E-state index contributed by atoms with van der Waals surface area (Å²) in [5.41, 5.74) is 0.596. The molecule has 0 aliphatic rings. The second-order valence-corrected chi connectivity index (χ2v) is 3.71. The van der Waals surface area contributed by atoms with Crippen molar-refractivity contribution < 1.29 is 22.6 Å². The van der Waals surface area contributed by atoms with Crippen LogP contribution in [-0.4, -0.2) is 33.5 Å². The Labute approximate surface area is 104 Å². The van der Waals surface area contributed by atoms with E-state index in [2.05, 4.69) is 5.32 Å². The van der Waals surface area contributed by atoms with E-state index in [0.29, 0.717) is 11.3 Å². The van der Waals surface area contributed by atoms with Crippen molar-refractivity contribution in [3.05, 3.63) is 29.8 Å². The van der Waals surface area contributed by atoms with Gasteiger partial charge >= 0.3 is 6.18 Å². The van der Waals surface area contributed by atoms with Crippen LogP contribution in [0.15, 0.2) is 24.3 Å². The van der Waals surface area contributed by atoms with Gasteiger partial charge in [0.2, 0.25) is 0 Å². The van der Waals surface area contributed by atoms with Gasteiger partial charge < -0.3 is 14.8 Å². The Morgan fingerprint density at radius 3 is 2.50 bits per heavy atom. The number of ether oxygens (including phenoxy) is 2. The van der Waals surface area contributed by atoms with Crippen LogP contribution in [0.25, 0.3) is 0 Å². The van der Waals surface area contributed by atoms with Gasteiger partial charge in [-0.2, -0.15) is 13.2 Å². The van der Waals surface area contributed by atoms with Gasteiger partial charge in [-0.3, -0.25) is 0 Å². The van der Waals surface area contributed by atoms with Crippen LogP contribution in [0.4, 0.5) is 13.2 Å². The fraction of sp³-hybridized carbons (Fsp3) is 0.500. The molecular formula is C12H16F3NO2. The summed E-state index contributed by atoms with van der Waals surface area (Å²) in [5.74, 6) is 0.514. The highest BCUT2D eigenvalue weighted by atomic mass is 19.4. The average molecular weight is 263 g/mol. The zero-order chi connectivity index (χ0) is 13.6. The van der Waals surface area contributed by atoms with Gasteiger partial charge in [0.25, 0.3) is 0 Å². The lowest BCUT2D eigenvalue weighted by Gasteiger charge is -2.21. The lowest BCUT2D eigenvalue weighted by molar-refractivity contribution is -0.185. The summed E-state index contributed by atoms with van der Waals surface area (Å²) in [6, 6.07) is 6.87. The van der Waals surface area contributed by atoms with Crippen molar-refractivity contribution in [2.75, 3.05) is 27.3 Å². The maximum atomic E-state index is 12.2. The third-order valence-electron chi connectivity index (χ3n) is 2.32. The van der Waals surface area contributed by atoms with Gasteiger partial charge in [0.05, 0.1) is 13.2 Å². The molecule has 0 amide bonds. The second kappa shape index (κ2) is 6.61. The van der Waals surface area contributed by atoms with Crippen LogP contribution < -0.4 is 10.1 Å². The number of halogens is 3. The number of methoxy groups -OCH3 is 1. The van der Waals surface area contributed by atoms with E-state index >= 15 is 0 Å². The molecule has 1 aromatic rings. The number of rotatable bonds is 6. The summed E-state index contributed by atoms with van der Waals surface area (Å²) in [5, 5.41) is 2.81. The molecule has 1 rings (SSSR count). The number of likely N-dealkylation sites (N-methyl/N-ethyl adjacent to an activating group) is 1. The summed E-state index contributed by atoms with van der Waals surface area (Å²) in [6.45, 7) is -1.01. The molecule has 0 radical (unpaired) electrons. The number of alkyl halides is 3. The van der Waals surface area contributed by atoms with Crippen LogP contribution in [0, 0.1) is 0 Å². The van der Waals surface area contributed by atoms with Crippen molar-refractivity contribution in [3.63, 3.8) is 0 Å². The van der Waals surface area contributed by atoms with Crippen LogP contribution in [-0.2, 0) is 4.74 Å². The average Bonchev–Trinajstić information content (AvgIpc) is 2.33. The van der Waals surface area contributed by atoms with E-state index in [9.17, 15) is 13.2 Å². The lowest BCUT2D eigenvalue weighted by atomic mass is 10.1. The van der Waals surface area contributed by atoms with Gasteiger partial charge in [-0.05, 0) is 13.1 Å². The molecule has 6 heteroatoms. The molecule has 0 aliphatic heterocycles.